The number of aromatic nitrogens is 4. The van der Waals surface area contributed by atoms with E-state index in [1.807, 2.05) is 26.0 Å². The molecule has 176 valence electrons. The standard InChI is InChI=1S/C24H24FN5O4/c1-3-5-18-20-21(29-28-18)24(32)27-22(26-20)16-11-13(7-9-19(16)34-4-2)10-14-6-8-15(17(25)12-14)23(31)30-33/h6-9,11-12,33H,3-5,10H2,1-2H3,(H,28,29)(H,30,31)(H,26,27,32). The van der Waals surface area contributed by atoms with Crippen LogP contribution in [0.3, 0.4) is 0 Å². The Labute approximate surface area is 194 Å². The smallest absolute Gasteiger partial charge is 0.277 e. The number of aryl methyl sites for hydroxylation is 1. The van der Waals surface area contributed by atoms with Crippen molar-refractivity contribution < 1.29 is 19.1 Å². The highest BCUT2D eigenvalue weighted by Gasteiger charge is 2.17. The van der Waals surface area contributed by atoms with Gasteiger partial charge in [0, 0.05) is 0 Å². The third-order valence-electron chi connectivity index (χ3n) is 5.37. The predicted molar refractivity (Wildman–Crippen MR) is 124 cm³/mol. The molecule has 0 aliphatic rings. The minimum Gasteiger partial charge on any atom is -0.493 e. The van der Waals surface area contributed by atoms with E-state index in [-0.39, 0.29) is 11.1 Å². The summed E-state index contributed by atoms with van der Waals surface area (Å²) in [4.78, 5) is 31.7. The predicted octanol–water partition coefficient (Wildman–Crippen LogP) is 3.51. The van der Waals surface area contributed by atoms with E-state index in [0.29, 0.717) is 53.2 Å². The average molecular weight is 465 g/mol. The van der Waals surface area contributed by atoms with Crippen LogP contribution in [0.4, 0.5) is 4.39 Å². The fourth-order valence-electron chi connectivity index (χ4n) is 3.80. The van der Waals surface area contributed by atoms with Crippen molar-refractivity contribution >= 4 is 16.9 Å². The van der Waals surface area contributed by atoms with Crippen LogP contribution in [-0.2, 0) is 12.8 Å². The monoisotopic (exact) mass is 465 g/mol. The lowest BCUT2D eigenvalue weighted by Gasteiger charge is -2.12. The third-order valence-corrected chi connectivity index (χ3v) is 5.37. The van der Waals surface area contributed by atoms with Crippen LogP contribution in [0.25, 0.3) is 22.4 Å². The molecular formula is C24H24FN5O4. The summed E-state index contributed by atoms with van der Waals surface area (Å²) in [5.74, 6) is -0.757. The number of nitrogens with one attached hydrogen (secondary N) is 3. The van der Waals surface area contributed by atoms with E-state index in [9.17, 15) is 14.0 Å². The summed E-state index contributed by atoms with van der Waals surface area (Å²) in [6.07, 6.45) is 1.90. The third kappa shape index (κ3) is 4.53. The molecule has 4 N–H and O–H groups in total. The lowest BCUT2D eigenvalue weighted by molar-refractivity contribution is 0.0702. The molecule has 0 unspecified atom stereocenters. The van der Waals surface area contributed by atoms with Crippen molar-refractivity contribution in [1.82, 2.24) is 25.6 Å². The number of carbonyl (C=O) groups excluding carboxylic acids is 1. The van der Waals surface area contributed by atoms with Crippen molar-refractivity contribution in [2.75, 3.05) is 6.61 Å². The first-order valence-corrected chi connectivity index (χ1v) is 10.9. The van der Waals surface area contributed by atoms with E-state index in [2.05, 4.69) is 20.2 Å². The second kappa shape index (κ2) is 9.84. The number of benzene rings is 2. The largest absolute Gasteiger partial charge is 0.493 e. The highest BCUT2D eigenvalue weighted by atomic mass is 19.1. The van der Waals surface area contributed by atoms with E-state index in [1.54, 1.807) is 12.1 Å². The van der Waals surface area contributed by atoms with Gasteiger partial charge in [-0.2, -0.15) is 5.10 Å². The van der Waals surface area contributed by atoms with E-state index in [4.69, 9.17) is 9.94 Å². The van der Waals surface area contributed by atoms with Crippen LogP contribution >= 0.6 is 0 Å². The lowest BCUT2D eigenvalue weighted by Crippen LogP contribution is -2.20. The number of hydrogen-bond acceptors (Lipinski definition) is 6. The van der Waals surface area contributed by atoms with Gasteiger partial charge in [0.25, 0.3) is 11.5 Å². The molecule has 0 saturated carbocycles. The van der Waals surface area contributed by atoms with Gasteiger partial charge in [-0.05, 0) is 55.2 Å². The Kier molecular flexibility index (Phi) is 6.69. The Morgan fingerprint density at radius 3 is 2.65 bits per heavy atom. The van der Waals surface area contributed by atoms with Crippen LogP contribution < -0.4 is 15.8 Å². The molecule has 0 aliphatic carbocycles. The van der Waals surface area contributed by atoms with Crippen LogP contribution in [-0.4, -0.2) is 37.9 Å². The van der Waals surface area contributed by atoms with Gasteiger partial charge in [0.15, 0.2) is 0 Å². The van der Waals surface area contributed by atoms with Crippen LogP contribution in [0.15, 0.2) is 41.2 Å². The van der Waals surface area contributed by atoms with Crippen molar-refractivity contribution in [2.24, 2.45) is 0 Å². The number of halogens is 1. The zero-order valence-electron chi connectivity index (χ0n) is 18.7. The summed E-state index contributed by atoms with van der Waals surface area (Å²) in [5.41, 5.74) is 4.45. The zero-order chi connectivity index (χ0) is 24.2. The highest BCUT2D eigenvalue weighted by Crippen LogP contribution is 2.30. The van der Waals surface area contributed by atoms with Gasteiger partial charge in [0.05, 0.1) is 23.4 Å². The number of hydrogen-bond donors (Lipinski definition) is 4. The van der Waals surface area contributed by atoms with Crippen molar-refractivity contribution in [1.29, 1.82) is 0 Å². The molecule has 4 rings (SSSR count). The maximum Gasteiger partial charge on any atom is 0.277 e. The summed E-state index contributed by atoms with van der Waals surface area (Å²) in [6.45, 7) is 4.31. The topological polar surface area (TPSA) is 133 Å². The molecule has 0 radical (unpaired) electrons. The number of aromatic amines is 2. The molecule has 0 fully saturated rings. The quantitative estimate of drug-likeness (QED) is 0.232. The number of H-pyrrole nitrogens is 2. The number of rotatable bonds is 8. The summed E-state index contributed by atoms with van der Waals surface area (Å²) in [6, 6.07) is 9.63. The normalized spacial score (nSPS) is 11.1. The first-order valence-electron chi connectivity index (χ1n) is 10.9. The van der Waals surface area contributed by atoms with Crippen LogP contribution in [0, 0.1) is 5.82 Å². The number of nitrogens with zero attached hydrogens (tertiary/aromatic N) is 2. The maximum absolute atomic E-state index is 14.3. The highest BCUT2D eigenvalue weighted by molar-refractivity contribution is 5.93. The van der Waals surface area contributed by atoms with Crippen LogP contribution in [0.1, 0.15) is 47.4 Å². The number of ether oxygens (including phenoxy) is 1. The summed E-state index contributed by atoms with van der Waals surface area (Å²) in [7, 11) is 0. The van der Waals surface area contributed by atoms with Gasteiger partial charge in [0.2, 0.25) is 0 Å². The van der Waals surface area contributed by atoms with E-state index in [1.165, 1.54) is 17.6 Å². The van der Waals surface area contributed by atoms with E-state index >= 15 is 0 Å². The number of hydroxylamine groups is 1. The van der Waals surface area contributed by atoms with Gasteiger partial charge in [-0.25, -0.2) is 14.9 Å². The zero-order valence-corrected chi connectivity index (χ0v) is 18.7. The molecule has 0 aliphatic heterocycles. The first-order chi connectivity index (χ1) is 16.4. The van der Waals surface area contributed by atoms with Crippen molar-refractivity contribution in [3.8, 4) is 17.1 Å². The summed E-state index contributed by atoms with van der Waals surface area (Å²) >= 11 is 0. The molecule has 2 heterocycles. The van der Waals surface area contributed by atoms with Gasteiger partial charge in [-0.3, -0.25) is 19.9 Å². The van der Waals surface area contributed by atoms with Gasteiger partial charge in [0.1, 0.15) is 28.4 Å². The Bertz CT molecular complexity index is 1410. The Balaban J connectivity index is 1.75. The second-order valence-electron chi connectivity index (χ2n) is 7.75. The fourth-order valence-corrected chi connectivity index (χ4v) is 3.80. The number of carbonyl (C=O) groups is 1. The molecule has 4 aromatic rings. The maximum atomic E-state index is 14.3. The molecule has 0 atom stereocenters. The summed E-state index contributed by atoms with van der Waals surface area (Å²) in [5, 5.41) is 15.7. The molecule has 0 spiro atoms. The number of fused-ring (bicyclic) bond motifs is 1. The minimum atomic E-state index is -0.917. The molecule has 2 aromatic carbocycles. The van der Waals surface area contributed by atoms with E-state index < -0.39 is 11.7 Å². The molecule has 9 nitrogen and oxygen atoms in total. The first kappa shape index (κ1) is 23.1. The van der Waals surface area contributed by atoms with Crippen molar-refractivity contribution in [3.05, 3.63) is 75.0 Å². The molecular weight excluding hydrogens is 441 g/mol. The van der Waals surface area contributed by atoms with Crippen LogP contribution in [0.5, 0.6) is 5.75 Å². The molecule has 10 heteroatoms. The molecule has 34 heavy (non-hydrogen) atoms. The fraction of sp³-hybridized carbons (Fsp3) is 0.250. The van der Waals surface area contributed by atoms with Gasteiger partial charge >= 0.3 is 0 Å². The summed E-state index contributed by atoms with van der Waals surface area (Å²) < 4.78 is 20.1. The van der Waals surface area contributed by atoms with Gasteiger partial charge < -0.3 is 9.72 Å². The Morgan fingerprint density at radius 1 is 1.18 bits per heavy atom. The second-order valence-corrected chi connectivity index (χ2v) is 7.75. The SMILES string of the molecule is CCCc1n[nH]c2c(=O)[nH]c(-c3cc(Cc4ccc(C(=O)NO)c(F)c4)ccc3OCC)nc12. The minimum absolute atomic E-state index is 0.253. The number of amides is 1. The van der Waals surface area contributed by atoms with Crippen molar-refractivity contribution in [3.63, 3.8) is 0 Å². The Hall–Kier alpha value is -4.05. The molecule has 2 aromatic heterocycles. The molecule has 1 amide bonds. The molecule has 0 saturated heterocycles. The van der Waals surface area contributed by atoms with Crippen molar-refractivity contribution in [2.45, 2.75) is 33.1 Å². The van der Waals surface area contributed by atoms with Gasteiger partial charge in [-0.1, -0.05) is 25.5 Å². The lowest BCUT2D eigenvalue weighted by atomic mass is 10.0. The van der Waals surface area contributed by atoms with Gasteiger partial charge in [-0.15, -0.1) is 0 Å². The van der Waals surface area contributed by atoms with E-state index in [0.717, 1.165) is 17.7 Å². The Morgan fingerprint density at radius 2 is 1.94 bits per heavy atom. The van der Waals surface area contributed by atoms with Crippen LogP contribution in [0.2, 0.25) is 0 Å². The molecule has 0 bridgehead atoms. The average Bonchev–Trinajstić information content (AvgIpc) is 3.23.